The Bertz CT molecular complexity index is 1090. The van der Waals surface area contributed by atoms with Crippen LogP contribution in [0, 0.1) is 6.92 Å². The Hall–Kier alpha value is -2.32. The van der Waals surface area contributed by atoms with Crippen molar-refractivity contribution >= 4 is 28.3 Å². The van der Waals surface area contributed by atoms with Crippen molar-refractivity contribution in [3.63, 3.8) is 0 Å². The zero-order valence-electron chi connectivity index (χ0n) is 19.2. The molecular weight excluding hydrogens is 410 g/mol. The molecule has 7 nitrogen and oxygen atoms in total. The Balaban J connectivity index is 1.46. The van der Waals surface area contributed by atoms with Gasteiger partial charge in [0.2, 0.25) is 0 Å². The van der Waals surface area contributed by atoms with Crippen LogP contribution in [0.3, 0.4) is 0 Å². The lowest BCUT2D eigenvalue weighted by Crippen LogP contribution is -2.48. The molecule has 1 aliphatic rings. The molecule has 0 aliphatic carbocycles. The van der Waals surface area contributed by atoms with Gasteiger partial charge in [0.05, 0.1) is 27.3 Å². The maximum Gasteiger partial charge on any atom is 0.259 e. The predicted octanol–water partition coefficient (Wildman–Crippen LogP) is 4.37. The van der Waals surface area contributed by atoms with E-state index in [9.17, 15) is 4.79 Å². The summed E-state index contributed by atoms with van der Waals surface area (Å²) in [4.78, 5) is 27.1. The lowest BCUT2D eigenvalue weighted by Gasteiger charge is -2.34. The Morgan fingerprint density at radius 3 is 2.52 bits per heavy atom. The van der Waals surface area contributed by atoms with Gasteiger partial charge in [-0.05, 0) is 18.9 Å². The molecule has 0 radical (unpaired) electrons. The second kappa shape index (κ2) is 8.31. The largest absolute Gasteiger partial charge is 0.336 e. The molecule has 0 saturated carbocycles. The molecule has 0 unspecified atom stereocenters. The van der Waals surface area contributed by atoms with E-state index in [1.54, 1.807) is 11.3 Å². The number of fused-ring (bicyclic) bond motifs is 1. The van der Waals surface area contributed by atoms with E-state index in [1.165, 1.54) is 5.01 Å². The molecule has 31 heavy (non-hydrogen) atoms. The van der Waals surface area contributed by atoms with Gasteiger partial charge in [0.1, 0.15) is 0 Å². The minimum absolute atomic E-state index is 0.0314. The van der Waals surface area contributed by atoms with Gasteiger partial charge in [-0.2, -0.15) is 0 Å². The molecular formula is C23H31N5O2S. The summed E-state index contributed by atoms with van der Waals surface area (Å²) in [5.41, 5.74) is 3.85. The van der Waals surface area contributed by atoms with Crippen LogP contribution >= 0.6 is 11.3 Å². The van der Waals surface area contributed by atoms with Gasteiger partial charge in [-0.15, -0.1) is 11.3 Å². The van der Waals surface area contributed by atoms with Crippen LogP contribution in [0.1, 0.15) is 73.0 Å². The van der Waals surface area contributed by atoms with Crippen molar-refractivity contribution in [3.05, 3.63) is 39.1 Å². The van der Waals surface area contributed by atoms with Gasteiger partial charge >= 0.3 is 0 Å². The molecule has 1 amide bonds. The van der Waals surface area contributed by atoms with Crippen LogP contribution in [0.15, 0.2) is 16.0 Å². The lowest BCUT2D eigenvalue weighted by atomic mass is 9.98. The topological polar surface area (TPSA) is 75.4 Å². The van der Waals surface area contributed by atoms with Gasteiger partial charge in [-0.3, -0.25) is 9.69 Å². The average Bonchev–Trinajstić information content (AvgIpc) is 3.34. The average molecular weight is 442 g/mol. The first kappa shape index (κ1) is 21.9. The van der Waals surface area contributed by atoms with Crippen molar-refractivity contribution in [1.29, 1.82) is 0 Å². The van der Waals surface area contributed by atoms with Crippen LogP contribution in [-0.4, -0.2) is 57.0 Å². The van der Waals surface area contributed by atoms with E-state index in [-0.39, 0.29) is 17.2 Å². The molecule has 0 aromatic carbocycles. The first-order valence-electron chi connectivity index (χ1n) is 10.9. The summed E-state index contributed by atoms with van der Waals surface area (Å²) in [7, 11) is 0. The summed E-state index contributed by atoms with van der Waals surface area (Å²) in [6, 6.07) is 1.91. The summed E-state index contributed by atoms with van der Waals surface area (Å²) >= 11 is 1.73. The molecule has 0 bridgehead atoms. The van der Waals surface area contributed by atoms with Crippen LogP contribution in [0.5, 0.6) is 0 Å². The third kappa shape index (κ3) is 4.50. The van der Waals surface area contributed by atoms with Crippen LogP contribution in [-0.2, 0) is 12.0 Å². The Morgan fingerprint density at radius 1 is 1.19 bits per heavy atom. The van der Waals surface area contributed by atoms with E-state index in [1.807, 2.05) is 17.9 Å². The minimum atomic E-state index is 0.0314. The highest BCUT2D eigenvalue weighted by Gasteiger charge is 2.27. The van der Waals surface area contributed by atoms with E-state index in [4.69, 9.17) is 9.51 Å². The van der Waals surface area contributed by atoms with E-state index >= 15 is 0 Å². The first-order valence-corrected chi connectivity index (χ1v) is 11.7. The van der Waals surface area contributed by atoms with E-state index in [2.05, 4.69) is 55.0 Å². The normalized spacial score (nSPS) is 15.9. The smallest absolute Gasteiger partial charge is 0.259 e. The number of piperazine rings is 1. The second-order valence-corrected chi connectivity index (χ2v) is 10.5. The molecule has 4 rings (SSSR count). The maximum absolute atomic E-state index is 13.4. The van der Waals surface area contributed by atoms with Gasteiger partial charge in [-0.1, -0.05) is 39.8 Å². The summed E-state index contributed by atoms with van der Waals surface area (Å²) in [5.74, 6) is 0.234. The molecule has 0 atom stereocenters. The standard InChI is InChI=1S/C23H31N5O2S/c1-14(2)18-11-17(19-15(3)26-30-20(19)25-18)21(29)28-9-7-27(8-10-28)12-16-13-31-22(24-16)23(4,5)6/h11,13-14H,7-10,12H2,1-6H3. The third-order valence-corrected chi connectivity index (χ3v) is 7.01. The van der Waals surface area contributed by atoms with Crippen LogP contribution in [0.2, 0.25) is 0 Å². The highest BCUT2D eigenvalue weighted by atomic mass is 32.1. The minimum Gasteiger partial charge on any atom is -0.336 e. The number of hydrogen-bond acceptors (Lipinski definition) is 7. The Labute approximate surface area is 187 Å². The quantitative estimate of drug-likeness (QED) is 0.599. The fraction of sp³-hybridized carbons (Fsp3) is 0.565. The molecule has 1 saturated heterocycles. The van der Waals surface area contributed by atoms with Crippen molar-refractivity contribution < 1.29 is 9.32 Å². The molecule has 1 aliphatic heterocycles. The fourth-order valence-corrected chi connectivity index (χ4v) is 4.71. The number of amides is 1. The van der Waals surface area contributed by atoms with E-state index < -0.39 is 0 Å². The van der Waals surface area contributed by atoms with Gasteiger partial charge < -0.3 is 9.42 Å². The highest BCUT2D eigenvalue weighted by molar-refractivity contribution is 7.09. The summed E-state index contributed by atoms with van der Waals surface area (Å²) < 4.78 is 5.38. The molecule has 166 valence electrons. The number of carbonyl (C=O) groups is 1. The molecule has 0 N–H and O–H groups in total. The van der Waals surface area contributed by atoms with Crippen molar-refractivity contribution in [2.45, 2.75) is 59.4 Å². The van der Waals surface area contributed by atoms with E-state index in [0.29, 0.717) is 30.1 Å². The number of nitrogens with zero attached hydrogens (tertiary/aromatic N) is 5. The van der Waals surface area contributed by atoms with Crippen LogP contribution in [0.4, 0.5) is 0 Å². The zero-order valence-corrected chi connectivity index (χ0v) is 20.0. The Morgan fingerprint density at radius 2 is 1.90 bits per heavy atom. The third-order valence-electron chi connectivity index (χ3n) is 5.70. The Kier molecular flexibility index (Phi) is 5.87. The molecule has 4 heterocycles. The van der Waals surface area contributed by atoms with Crippen molar-refractivity contribution in [2.24, 2.45) is 0 Å². The second-order valence-electron chi connectivity index (χ2n) is 9.66. The monoisotopic (exact) mass is 441 g/mol. The summed E-state index contributed by atoms with van der Waals surface area (Å²) in [5, 5.41) is 8.10. The zero-order chi connectivity index (χ0) is 22.3. The molecule has 3 aromatic heterocycles. The number of rotatable bonds is 4. The van der Waals surface area contributed by atoms with Gasteiger partial charge in [-0.25, -0.2) is 9.97 Å². The number of thiazole rings is 1. The highest BCUT2D eigenvalue weighted by Crippen LogP contribution is 2.28. The van der Waals surface area contributed by atoms with Crippen molar-refractivity contribution in [3.8, 4) is 0 Å². The van der Waals surface area contributed by atoms with Crippen LogP contribution in [0.25, 0.3) is 11.1 Å². The fourth-order valence-electron chi connectivity index (χ4n) is 3.81. The SMILES string of the molecule is Cc1noc2nc(C(C)C)cc(C(=O)N3CCN(Cc4csc(C(C)(C)C)n4)CC3)c12. The van der Waals surface area contributed by atoms with Crippen molar-refractivity contribution in [2.75, 3.05) is 26.2 Å². The molecule has 1 fully saturated rings. The van der Waals surface area contributed by atoms with Crippen molar-refractivity contribution in [1.82, 2.24) is 24.9 Å². The molecule has 0 spiro atoms. The molecule has 3 aromatic rings. The summed E-state index contributed by atoms with van der Waals surface area (Å²) in [6.07, 6.45) is 0. The number of aryl methyl sites for hydroxylation is 1. The molecule has 8 heteroatoms. The van der Waals surface area contributed by atoms with Gasteiger partial charge in [0, 0.05) is 49.2 Å². The summed E-state index contributed by atoms with van der Waals surface area (Å²) in [6.45, 7) is 16.5. The maximum atomic E-state index is 13.4. The van der Waals surface area contributed by atoms with Gasteiger partial charge in [0.15, 0.2) is 0 Å². The van der Waals surface area contributed by atoms with E-state index in [0.717, 1.165) is 36.4 Å². The first-order chi connectivity index (χ1) is 14.6. The lowest BCUT2D eigenvalue weighted by molar-refractivity contribution is 0.0629. The van der Waals surface area contributed by atoms with Crippen LogP contribution < -0.4 is 0 Å². The predicted molar refractivity (Wildman–Crippen MR) is 123 cm³/mol. The number of hydrogen-bond donors (Lipinski definition) is 0. The number of aromatic nitrogens is 3. The number of carbonyl (C=O) groups excluding carboxylic acids is 1. The number of pyridine rings is 1. The van der Waals surface area contributed by atoms with Gasteiger partial charge in [0.25, 0.3) is 11.6 Å².